The molecule has 11 heteroatoms. The highest BCUT2D eigenvalue weighted by Crippen LogP contribution is 2.24. The Labute approximate surface area is 167 Å². The minimum absolute atomic E-state index is 0.00689. The van der Waals surface area contributed by atoms with E-state index in [2.05, 4.69) is 20.6 Å². The number of nitrogens with one attached hydrogen (secondary N) is 1. The zero-order chi connectivity index (χ0) is 20.4. The average molecular weight is 416 g/mol. The molecule has 0 unspecified atom stereocenters. The van der Waals surface area contributed by atoms with Crippen LogP contribution in [0.1, 0.15) is 15.4 Å². The number of methoxy groups -OCH3 is 1. The molecule has 29 heavy (non-hydrogen) atoms. The molecule has 4 rings (SSSR count). The van der Waals surface area contributed by atoms with Crippen LogP contribution in [0.2, 0.25) is 0 Å². The van der Waals surface area contributed by atoms with E-state index in [0.717, 1.165) is 12.1 Å². The SMILES string of the molecule is COCc1nnc(NC(=O)c2cnn(-c3ccc(F)cc3F)c2-n2cccc2)s1. The Hall–Kier alpha value is -3.44. The van der Waals surface area contributed by atoms with Crippen molar-refractivity contribution in [1.82, 2.24) is 24.5 Å². The van der Waals surface area contributed by atoms with Gasteiger partial charge in [-0.05, 0) is 24.3 Å². The van der Waals surface area contributed by atoms with Crippen LogP contribution < -0.4 is 5.32 Å². The highest BCUT2D eigenvalue weighted by molar-refractivity contribution is 7.15. The van der Waals surface area contributed by atoms with Crippen molar-refractivity contribution in [3.8, 4) is 11.5 Å². The molecule has 1 amide bonds. The van der Waals surface area contributed by atoms with Gasteiger partial charge in [-0.25, -0.2) is 13.5 Å². The van der Waals surface area contributed by atoms with Gasteiger partial charge in [0.15, 0.2) is 11.6 Å². The highest BCUT2D eigenvalue weighted by Gasteiger charge is 2.22. The zero-order valence-corrected chi connectivity index (χ0v) is 15.9. The third-order valence-electron chi connectivity index (χ3n) is 3.93. The Bertz CT molecular complexity index is 1160. The van der Waals surface area contributed by atoms with Gasteiger partial charge >= 0.3 is 0 Å². The molecule has 0 fully saturated rings. The largest absolute Gasteiger partial charge is 0.377 e. The Morgan fingerprint density at radius 1 is 1.24 bits per heavy atom. The number of anilines is 1. The summed E-state index contributed by atoms with van der Waals surface area (Å²) < 4.78 is 35.5. The second kappa shape index (κ2) is 7.89. The van der Waals surface area contributed by atoms with Gasteiger partial charge in [-0.3, -0.25) is 10.1 Å². The van der Waals surface area contributed by atoms with Crippen molar-refractivity contribution in [1.29, 1.82) is 0 Å². The van der Waals surface area contributed by atoms with Crippen LogP contribution in [0.25, 0.3) is 11.5 Å². The lowest BCUT2D eigenvalue weighted by Crippen LogP contribution is -2.15. The van der Waals surface area contributed by atoms with E-state index in [1.54, 1.807) is 29.1 Å². The fourth-order valence-corrected chi connectivity index (χ4v) is 3.41. The van der Waals surface area contributed by atoms with E-state index in [0.29, 0.717) is 16.0 Å². The van der Waals surface area contributed by atoms with Crippen LogP contribution in [0.15, 0.2) is 48.9 Å². The molecule has 148 valence electrons. The third-order valence-corrected chi connectivity index (χ3v) is 4.74. The van der Waals surface area contributed by atoms with Crippen LogP contribution in [0.3, 0.4) is 0 Å². The predicted octanol–water partition coefficient (Wildman–Crippen LogP) is 3.19. The molecule has 0 spiro atoms. The molecule has 0 radical (unpaired) electrons. The van der Waals surface area contributed by atoms with Crippen LogP contribution in [-0.2, 0) is 11.3 Å². The summed E-state index contributed by atoms with van der Waals surface area (Å²) in [6.07, 6.45) is 4.69. The van der Waals surface area contributed by atoms with Crippen LogP contribution in [0.4, 0.5) is 13.9 Å². The van der Waals surface area contributed by atoms with E-state index in [9.17, 15) is 13.6 Å². The minimum atomic E-state index is -0.804. The fourth-order valence-electron chi connectivity index (χ4n) is 2.71. The van der Waals surface area contributed by atoms with Gasteiger partial charge in [-0.15, -0.1) is 10.2 Å². The smallest absolute Gasteiger partial charge is 0.262 e. The first kappa shape index (κ1) is 18.9. The molecule has 3 aromatic heterocycles. The molecule has 3 heterocycles. The molecule has 0 aliphatic rings. The van der Waals surface area contributed by atoms with E-state index in [-0.39, 0.29) is 17.9 Å². The number of benzene rings is 1. The van der Waals surface area contributed by atoms with Gasteiger partial charge in [0.05, 0.1) is 6.20 Å². The lowest BCUT2D eigenvalue weighted by atomic mass is 10.2. The quantitative estimate of drug-likeness (QED) is 0.522. The van der Waals surface area contributed by atoms with Crippen LogP contribution in [-0.4, -0.2) is 37.6 Å². The number of aromatic nitrogens is 5. The van der Waals surface area contributed by atoms with Crippen molar-refractivity contribution in [2.45, 2.75) is 6.61 Å². The predicted molar refractivity (Wildman–Crippen MR) is 101 cm³/mol. The normalized spacial score (nSPS) is 11.0. The molecule has 0 aliphatic heterocycles. The number of halogens is 2. The first-order valence-electron chi connectivity index (χ1n) is 8.36. The molecule has 0 saturated heterocycles. The summed E-state index contributed by atoms with van der Waals surface area (Å²) in [7, 11) is 1.53. The Kier molecular flexibility index (Phi) is 5.14. The molecule has 4 aromatic rings. The van der Waals surface area contributed by atoms with Crippen LogP contribution in [0.5, 0.6) is 0 Å². The molecule has 8 nitrogen and oxygen atoms in total. The van der Waals surface area contributed by atoms with E-state index >= 15 is 0 Å². The maximum Gasteiger partial charge on any atom is 0.262 e. The number of amides is 1. The summed E-state index contributed by atoms with van der Waals surface area (Å²) in [4.78, 5) is 12.9. The second-order valence-electron chi connectivity index (χ2n) is 5.87. The van der Waals surface area contributed by atoms with Gasteiger partial charge in [0.1, 0.15) is 28.7 Å². The number of carbonyl (C=O) groups is 1. The van der Waals surface area contributed by atoms with Crippen molar-refractivity contribution in [3.63, 3.8) is 0 Å². The number of carbonyl (C=O) groups excluding carboxylic acids is 1. The first-order valence-corrected chi connectivity index (χ1v) is 9.18. The third kappa shape index (κ3) is 3.77. The van der Waals surface area contributed by atoms with Crippen molar-refractivity contribution in [3.05, 3.63) is 71.1 Å². The second-order valence-corrected chi connectivity index (χ2v) is 6.93. The van der Waals surface area contributed by atoms with Crippen molar-refractivity contribution >= 4 is 22.4 Å². The van der Waals surface area contributed by atoms with Gasteiger partial charge in [0.25, 0.3) is 5.91 Å². The van der Waals surface area contributed by atoms with Gasteiger partial charge in [-0.1, -0.05) is 11.3 Å². The molecule has 0 bridgehead atoms. The topological polar surface area (TPSA) is 86.9 Å². The number of rotatable bonds is 6. The van der Waals surface area contributed by atoms with E-state index in [4.69, 9.17) is 4.74 Å². The molecule has 1 aromatic carbocycles. The van der Waals surface area contributed by atoms with Gasteiger partial charge in [0, 0.05) is 25.6 Å². The Morgan fingerprint density at radius 2 is 2.03 bits per heavy atom. The Balaban J connectivity index is 1.73. The van der Waals surface area contributed by atoms with E-state index in [1.807, 2.05) is 0 Å². The number of ether oxygens (including phenoxy) is 1. The molecule has 0 atom stereocenters. The van der Waals surface area contributed by atoms with Crippen molar-refractivity contribution < 1.29 is 18.3 Å². The maximum absolute atomic E-state index is 14.4. The Morgan fingerprint density at radius 3 is 2.76 bits per heavy atom. The number of hydrogen-bond acceptors (Lipinski definition) is 6. The van der Waals surface area contributed by atoms with Crippen LogP contribution in [0, 0.1) is 11.6 Å². The van der Waals surface area contributed by atoms with Crippen molar-refractivity contribution in [2.24, 2.45) is 0 Å². The lowest BCUT2D eigenvalue weighted by molar-refractivity contribution is 0.102. The minimum Gasteiger partial charge on any atom is -0.377 e. The summed E-state index contributed by atoms with van der Waals surface area (Å²) in [5, 5.41) is 15.5. The molecule has 0 saturated carbocycles. The molecular weight excluding hydrogens is 402 g/mol. The summed E-state index contributed by atoms with van der Waals surface area (Å²) >= 11 is 1.18. The monoisotopic (exact) mass is 416 g/mol. The zero-order valence-electron chi connectivity index (χ0n) is 15.0. The molecular formula is C18H14F2N6O2S. The summed E-state index contributed by atoms with van der Waals surface area (Å²) in [5.41, 5.74) is 0.181. The number of hydrogen-bond donors (Lipinski definition) is 1. The molecule has 1 N–H and O–H groups in total. The summed E-state index contributed by atoms with van der Waals surface area (Å²) in [5.74, 6) is -1.72. The van der Waals surface area contributed by atoms with E-state index < -0.39 is 17.5 Å². The van der Waals surface area contributed by atoms with Gasteiger partial charge in [-0.2, -0.15) is 5.10 Å². The lowest BCUT2D eigenvalue weighted by Gasteiger charge is -2.11. The van der Waals surface area contributed by atoms with Gasteiger partial charge in [0.2, 0.25) is 5.13 Å². The standard InChI is InChI=1S/C18H14F2N6O2S/c1-28-10-15-23-24-18(29-15)22-16(27)12-9-21-26(17(12)25-6-2-3-7-25)14-5-4-11(19)8-13(14)20/h2-9H,10H2,1H3,(H,22,24,27). The highest BCUT2D eigenvalue weighted by atomic mass is 32.1. The maximum atomic E-state index is 14.4. The van der Waals surface area contributed by atoms with Gasteiger partial charge < -0.3 is 9.30 Å². The van der Waals surface area contributed by atoms with Crippen LogP contribution >= 0.6 is 11.3 Å². The number of nitrogens with zero attached hydrogens (tertiary/aromatic N) is 5. The van der Waals surface area contributed by atoms with E-state index in [1.165, 1.54) is 35.4 Å². The fraction of sp³-hybridized carbons (Fsp3) is 0.111. The molecule has 0 aliphatic carbocycles. The summed E-state index contributed by atoms with van der Waals surface area (Å²) in [6, 6.07) is 6.64. The summed E-state index contributed by atoms with van der Waals surface area (Å²) in [6.45, 7) is 0.282. The van der Waals surface area contributed by atoms with Crippen molar-refractivity contribution in [2.75, 3.05) is 12.4 Å². The first-order chi connectivity index (χ1) is 14.1. The average Bonchev–Trinajstić information content (AvgIpc) is 3.42.